The molecule has 0 aromatic heterocycles. The summed E-state index contributed by atoms with van der Waals surface area (Å²) < 4.78 is 0. The first-order valence-electron chi connectivity index (χ1n) is 23.7. The lowest BCUT2D eigenvalue weighted by molar-refractivity contribution is -0.144. The number of carbonyl (C=O) groups excluding carboxylic acids is 10. The summed E-state index contributed by atoms with van der Waals surface area (Å²) in [6.45, 7) is 10.4. The zero-order valence-electron chi connectivity index (χ0n) is 41.8. The molecule has 0 radical (unpaired) electrons. The van der Waals surface area contributed by atoms with Crippen molar-refractivity contribution in [2.45, 2.75) is 148 Å². The van der Waals surface area contributed by atoms with Gasteiger partial charge in [-0.1, -0.05) is 71.9 Å². The van der Waals surface area contributed by atoms with E-state index in [0.29, 0.717) is 24.2 Å². The van der Waals surface area contributed by atoms with Crippen LogP contribution < -0.4 is 48.7 Å². The summed E-state index contributed by atoms with van der Waals surface area (Å²) in [4.78, 5) is 147. The van der Waals surface area contributed by atoms with Crippen LogP contribution in [0.2, 0.25) is 0 Å². The molecule has 1 aliphatic heterocycles. The standard InChI is InChI=1S/C47H74N10O13S/c1-24(2)37(27(7)59)54-44(67)33(23-58)53-42(65)31(21-28-13-10-9-11-14-28)51-45(68)34-15-12-19-57(34)47(70)39(26(5)6)56-41(64)30(16-17-35(49)60)50-43(66)32(22-36(61)62)52-46(69)38(25(3)4)55-40(63)29(48)18-20-71-8/h9-11,13-14,24-26,29-34,37-39,58H,12,15-23,48H2,1-8H3,(H2,49,60)(H,50,66)(H,51,68)(H,52,69)(H,53,65)(H,54,67)(H,55,63)(H,56,64)(H,61,62). The number of ketones is 1. The molecule has 0 aliphatic carbocycles. The molecule has 0 bridgehead atoms. The third-order valence-electron chi connectivity index (χ3n) is 11.7. The Kier molecular flexibility index (Phi) is 25.7. The lowest BCUT2D eigenvalue weighted by Gasteiger charge is -2.32. The number of aliphatic hydroxyl groups is 1. The Hall–Kier alpha value is -6.14. The van der Waals surface area contributed by atoms with E-state index in [0.717, 1.165) is 0 Å². The lowest BCUT2D eigenvalue weighted by Crippen LogP contribution is -2.61. The van der Waals surface area contributed by atoms with E-state index >= 15 is 0 Å². The van der Waals surface area contributed by atoms with Gasteiger partial charge in [0.2, 0.25) is 53.2 Å². The zero-order chi connectivity index (χ0) is 53.7. The Morgan fingerprint density at radius 1 is 0.676 bits per heavy atom. The van der Waals surface area contributed by atoms with Crippen molar-refractivity contribution in [3.05, 3.63) is 35.9 Å². The maximum Gasteiger partial charge on any atom is 0.305 e. The highest BCUT2D eigenvalue weighted by atomic mass is 32.2. The number of hydrogen-bond donors (Lipinski definition) is 11. The van der Waals surface area contributed by atoms with E-state index in [2.05, 4.69) is 37.2 Å². The van der Waals surface area contributed by atoms with E-state index in [-0.39, 0.29) is 31.1 Å². The number of nitrogens with one attached hydrogen (secondary N) is 7. The predicted molar refractivity (Wildman–Crippen MR) is 262 cm³/mol. The summed E-state index contributed by atoms with van der Waals surface area (Å²) in [6.07, 6.45) is 0.767. The van der Waals surface area contributed by atoms with Crippen LogP contribution in [-0.4, -0.2) is 160 Å². The van der Waals surface area contributed by atoms with Crippen LogP contribution in [0.5, 0.6) is 0 Å². The van der Waals surface area contributed by atoms with Crippen molar-refractivity contribution in [2.24, 2.45) is 29.2 Å². The van der Waals surface area contributed by atoms with Crippen LogP contribution in [-0.2, 0) is 59.2 Å². The molecular weight excluding hydrogens is 945 g/mol. The molecule has 9 atom stereocenters. The molecule has 1 aromatic rings. The van der Waals surface area contributed by atoms with Gasteiger partial charge in [-0.3, -0.25) is 52.7 Å². The van der Waals surface area contributed by atoms with Gasteiger partial charge >= 0.3 is 5.97 Å². The van der Waals surface area contributed by atoms with Crippen molar-refractivity contribution in [1.29, 1.82) is 0 Å². The molecule has 24 heteroatoms. The van der Waals surface area contributed by atoms with Crippen LogP contribution in [0.15, 0.2) is 30.3 Å². The number of aliphatic hydroxyl groups excluding tert-OH is 1. The molecule has 1 aliphatic rings. The van der Waals surface area contributed by atoms with Crippen molar-refractivity contribution >= 4 is 76.7 Å². The highest BCUT2D eigenvalue weighted by Crippen LogP contribution is 2.22. The molecule has 1 aromatic carbocycles. The molecule has 13 N–H and O–H groups in total. The monoisotopic (exact) mass is 1020 g/mol. The van der Waals surface area contributed by atoms with E-state index in [4.69, 9.17) is 11.5 Å². The number of aliphatic carboxylic acids is 1. The number of primary amides is 1. The van der Waals surface area contributed by atoms with Gasteiger partial charge < -0.3 is 63.8 Å². The van der Waals surface area contributed by atoms with Crippen LogP contribution >= 0.6 is 11.8 Å². The maximum atomic E-state index is 14.4. The fourth-order valence-corrected chi connectivity index (χ4v) is 8.17. The van der Waals surface area contributed by atoms with Crippen LogP contribution in [0.1, 0.15) is 92.6 Å². The Labute approximate surface area is 418 Å². The van der Waals surface area contributed by atoms with E-state index < -0.39 is 151 Å². The van der Waals surface area contributed by atoms with Crippen molar-refractivity contribution in [3.8, 4) is 0 Å². The van der Waals surface area contributed by atoms with Gasteiger partial charge in [-0.25, -0.2) is 0 Å². The van der Waals surface area contributed by atoms with Gasteiger partial charge in [-0.05, 0) is 67.9 Å². The SMILES string of the molecule is CSCCC(N)C(=O)NC(C(=O)NC(CC(=O)O)C(=O)NC(CCC(N)=O)C(=O)NC(C(=O)N1CCCC1C(=O)NC(Cc1ccccc1)C(=O)NC(CO)C(=O)NC(C(C)=O)C(C)C)C(C)C)C(C)C. The van der Waals surface area contributed by atoms with E-state index in [1.807, 2.05) is 6.26 Å². The summed E-state index contributed by atoms with van der Waals surface area (Å²) in [5, 5.41) is 37.4. The number of benzene rings is 1. The van der Waals surface area contributed by atoms with Crippen LogP contribution in [0.25, 0.3) is 0 Å². The first kappa shape index (κ1) is 61.0. The van der Waals surface area contributed by atoms with Crippen molar-refractivity contribution in [2.75, 3.05) is 25.2 Å². The fraction of sp³-hybridized carbons (Fsp3) is 0.638. The molecule has 1 fully saturated rings. The number of thioether (sulfide) groups is 1. The summed E-state index contributed by atoms with van der Waals surface area (Å²) in [7, 11) is 0. The van der Waals surface area contributed by atoms with Crippen LogP contribution in [0.4, 0.5) is 0 Å². The number of amides is 9. The highest BCUT2D eigenvalue weighted by Gasteiger charge is 2.41. The quantitative estimate of drug-likeness (QED) is 0.0397. The van der Waals surface area contributed by atoms with Crippen LogP contribution in [0, 0.1) is 17.8 Å². The highest BCUT2D eigenvalue weighted by molar-refractivity contribution is 7.98. The number of nitrogens with zero attached hydrogens (tertiary/aromatic N) is 1. The number of rotatable bonds is 30. The van der Waals surface area contributed by atoms with Gasteiger partial charge in [0, 0.05) is 19.4 Å². The number of nitrogens with two attached hydrogens (primary N) is 2. The first-order valence-corrected chi connectivity index (χ1v) is 25.0. The number of carboxylic acid groups (broad SMARTS) is 1. The van der Waals surface area contributed by atoms with Crippen molar-refractivity contribution in [3.63, 3.8) is 0 Å². The van der Waals surface area contributed by atoms with E-state index in [9.17, 15) is 63.0 Å². The Balaban J connectivity index is 2.37. The Bertz CT molecular complexity index is 2040. The van der Waals surface area contributed by atoms with Crippen molar-refractivity contribution in [1.82, 2.24) is 42.1 Å². The maximum absolute atomic E-state index is 14.4. The van der Waals surface area contributed by atoms with Gasteiger partial charge in [0.1, 0.15) is 42.3 Å². The molecule has 1 heterocycles. The number of Topliss-reactive ketones (excluding diaryl/α,β-unsaturated/α-hetero) is 1. The van der Waals surface area contributed by atoms with E-state index in [1.165, 1.54) is 23.6 Å². The van der Waals surface area contributed by atoms with Gasteiger partial charge in [0.05, 0.1) is 25.1 Å². The van der Waals surface area contributed by atoms with Crippen LogP contribution in [0.3, 0.4) is 0 Å². The molecular formula is C47H74N10O13S. The second-order valence-electron chi connectivity index (χ2n) is 18.6. The summed E-state index contributed by atoms with van der Waals surface area (Å²) in [6, 6.07) is -3.18. The Morgan fingerprint density at radius 3 is 1.73 bits per heavy atom. The van der Waals surface area contributed by atoms with E-state index in [1.54, 1.807) is 71.9 Å². The number of carboxylic acids is 1. The summed E-state index contributed by atoms with van der Waals surface area (Å²) in [5.74, 6) is -10.4. The zero-order valence-corrected chi connectivity index (χ0v) is 42.6. The smallest absolute Gasteiger partial charge is 0.305 e. The Morgan fingerprint density at radius 2 is 1.20 bits per heavy atom. The molecule has 71 heavy (non-hydrogen) atoms. The minimum absolute atomic E-state index is 0.0610. The fourth-order valence-electron chi connectivity index (χ4n) is 7.68. The first-order chi connectivity index (χ1) is 33.3. The molecule has 2 rings (SSSR count). The van der Waals surface area contributed by atoms with Gasteiger partial charge in [-0.2, -0.15) is 11.8 Å². The summed E-state index contributed by atoms with van der Waals surface area (Å²) in [5.41, 5.74) is 12.0. The molecule has 396 valence electrons. The van der Waals surface area contributed by atoms with Gasteiger partial charge in [0.15, 0.2) is 5.78 Å². The second kappa shape index (κ2) is 29.9. The normalized spacial score (nSPS) is 16.8. The average molecular weight is 1020 g/mol. The van der Waals surface area contributed by atoms with Crippen molar-refractivity contribution < 1.29 is 63.0 Å². The minimum Gasteiger partial charge on any atom is -0.481 e. The summed E-state index contributed by atoms with van der Waals surface area (Å²) >= 11 is 1.47. The predicted octanol–water partition coefficient (Wildman–Crippen LogP) is -2.02. The topological polar surface area (TPSA) is 368 Å². The number of hydrogen-bond acceptors (Lipinski definition) is 14. The molecule has 23 nitrogen and oxygen atoms in total. The number of likely N-dealkylation sites (tertiary alicyclic amines) is 1. The average Bonchev–Trinajstić information content (AvgIpc) is 3.80. The van der Waals surface area contributed by atoms with Gasteiger partial charge in [0.25, 0.3) is 0 Å². The lowest BCUT2D eigenvalue weighted by atomic mass is 10.00. The molecule has 0 spiro atoms. The largest absolute Gasteiger partial charge is 0.481 e. The minimum atomic E-state index is -1.79. The third kappa shape index (κ3) is 19.9. The molecule has 0 saturated carbocycles. The second-order valence-corrected chi connectivity index (χ2v) is 19.6. The molecule has 9 amide bonds. The van der Waals surface area contributed by atoms with Gasteiger partial charge in [-0.15, -0.1) is 0 Å². The molecule has 1 saturated heterocycles. The number of carbonyl (C=O) groups is 11. The third-order valence-corrected chi connectivity index (χ3v) is 12.4. The molecule has 9 unspecified atom stereocenters.